The maximum absolute atomic E-state index is 6.13. The molecule has 1 N–H and O–H groups in total. The Bertz CT molecular complexity index is 564. The maximum Gasteiger partial charge on any atom is 0.183 e. The van der Waals surface area contributed by atoms with Crippen molar-refractivity contribution < 1.29 is 4.74 Å². The predicted molar refractivity (Wildman–Crippen MR) is 82.9 cm³/mol. The summed E-state index contributed by atoms with van der Waals surface area (Å²) in [6.45, 7) is 1.68. The largest absolute Gasteiger partial charge is 0.376 e. The van der Waals surface area contributed by atoms with Crippen molar-refractivity contribution in [3.8, 4) is 11.3 Å². The minimum Gasteiger partial charge on any atom is -0.376 e. The molecule has 1 atom stereocenters. The Morgan fingerprint density at radius 3 is 3.05 bits per heavy atom. The Balaban J connectivity index is 1.67. The van der Waals surface area contributed by atoms with E-state index in [4.69, 9.17) is 27.9 Å². The van der Waals surface area contributed by atoms with Gasteiger partial charge in [-0.3, -0.25) is 0 Å². The van der Waals surface area contributed by atoms with Gasteiger partial charge in [-0.25, -0.2) is 4.98 Å². The van der Waals surface area contributed by atoms with Crippen molar-refractivity contribution in [3.63, 3.8) is 0 Å². The molecule has 19 heavy (non-hydrogen) atoms. The number of ether oxygens (including phenoxy) is 1. The molecule has 2 aromatic rings. The van der Waals surface area contributed by atoms with E-state index in [1.54, 1.807) is 11.3 Å². The lowest BCUT2D eigenvalue weighted by Gasteiger charge is -2.09. The summed E-state index contributed by atoms with van der Waals surface area (Å²) < 4.78 is 6.93. The molecule has 3 nitrogen and oxygen atoms in total. The lowest BCUT2D eigenvalue weighted by molar-refractivity contribution is 0.120. The number of anilines is 1. The van der Waals surface area contributed by atoms with E-state index in [9.17, 15) is 0 Å². The van der Waals surface area contributed by atoms with Gasteiger partial charge in [-0.2, -0.15) is 0 Å². The van der Waals surface area contributed by atoms with Crippen LogP contribution in [0.25, 0.3) is 11.3 Å². The Morgan fingerprint density at radius 1 is 1.47 bits per heavy atom. The van der Waals surface area contributed by atoms with Crippen molar-refractivity contribution in [1.82, 2.24) is 4.98 Å². The number of aromatic nitrogens is 1. The molecule has 1 unspecified atom stereocenters. The highest BCUT2D eigenvalue weighted by atomic mass is 35.5. The van der Waals surface area contributed by atoms with Crippen LogP contribution in [0.3, 0.4) is 0 Å². The highest BCUT2D eigenvalue weighted by Gasteiger charge is 2.16. The van der Waals surface area contributed by atoms with Gasteiger partial charge in [-0.05, 0) is 18.9 Å². The van der Waals surface area contributed by atoms with E-state index in [0.717, 1.165) is 42.4 Å². The van der Waals surface area contributed by atoms with E-state index in [1.165, 1.54) is 11.3 Å². The first kappa shape index (κ1) is 13.6. The topological polar surface area (TPSA) is 34.1 Å². The average molecular weight is 335 g/mol. The number of nitrogens with one attached hydrogen (secondary N) is 1. The molecule has 1 fully saturated rings. The quantitative estimate of drug-likeness (QED) is 0.874. The van der Waals surface area contributed by atoms with Gasteiger partial charge in [-0.1, -0.05) is 23.2 Å². The van der Waals surface area contributed by atoms with Crippen LogP contribution in [0.2, 0.25) is 8.67 Å². The molecule has 1 aliphatic rings. The lowest BCUT2D eigenvalue weighted by atomic mass is 10.2. The van der Waals surface area contributed by atoms with Crippen molar-refractivity contribution >= 4 is 51.0 Å². The average Bonchev–Trinajstić information content (AvgIpc) is 3.08. The molecular weight excluding hydrogens is 323 g/mol. The van der Waals surface area contributed by atoms with Gasteiger partial charge in [0.05, 0.1) is 16.1 Å². The first-order chi connectivity index (χ1) is 9.22. The molecule has 3 rings (SSSR count). The molecular formula is C12H12Cl2N2OS2. The number of rotatable bonds is 4. The Kier molecular flexibility index (Phi) is 4.29. The second-order valence-corrected chi connectivity index (χ2v) is 7.44. The number of thiophene rings is 1. The second-order valence-electron chi connectivity index (χ2n) is 4.29. The van der Waals surface area contributed by atoms with Crippen molar-refractivity contribution in [2.75, 3.05) is 18.5 Å². The molecule has 0 bridgehead atoms. The Labute approximate surface area is 129 Å². The van der Waals surface area contributed by atoms with E-state index in [1.807, 2.05) is 11.4 Å². The van der Waals surface area contributed by atoms with E-state index >= 15 is 0 Å². The number of halogens is 2. The third-order valence-corrected chi connectivity index (χ3v) is 5.23. The Hall–Kier alpha value is -0.330. The molecule has 7 heteroatoms. The van der Waals surface area contributed by atoms with Crippen LogP contribution >= 0.6 is 45.9 Å². The van der Waals surface area contributed by atoms with Gasteiger partial charge in [0.2, 0.25) is 0 Å². The third kappa shape index (κ3) is 3.23. The van der Waals surface area contributed by atoms with Crippen LogP contribution < -0.4 is 5.32 Å². The smallest absolute Gasteiger partial charge is 0.183 e. The highest BCUT2D eigenvalue weighted by Crippen LogP contribution is 2.38. The summed E-state index contributed by atoms with van der Waals surface area (Å²) >= 11 is 15.0. The molecule has 0 saturated carbocycles. The molecule has 0 radical (unpaired) electrons. The fourth-order valence-corrected chi connectivity index (χ4v) is 4.20. The minimum absolute atomic E-state index is 0.312. The molecule has 0 spiro atoms. The summed E-state index contributed by atoms with van der Waals surface area (Å²) in [7, 11) is 0. The van der Waals surface area contributed by atoms with Gasteiger partial charge in [-0.15, -0.1) is 22.7 Å². The maximum atomic E-state index is 6.13. The van der Waals surface area contributed by atoms with Gasteiger partial charge in [0.1, 0.15) is 4.34 Å². The monoisotopic (exact) mass is 334 g/mol. The molecule has 2 aromatic heterocycles. The van der Waals surface area contributed by atoms with Crippen molar-refractivity contribution in [1.29, 1.82) is 0 Å². The standard InChI is InChI=1S/C12H12Cl2N2OS2/c13-10-4-8(11(14)19-10)9-6-18-12(16-9)15-5-7-2-1-3-17-7/h4,6-7H,1-3,5H2,(H,15,16). The Morgan fingerprint density at radius 2 is 2.37 bits per heavy atom. The van der Waals surface area contributed by atoms with Crippen molar-refractivity contribution in [2.45, 2.75) is 18.9 Å². The number of hydrogen-bond acceptors (Lipinski definition) is 5. The fourth-order valence-electron chi connectivity index (χ4n) is 2.00. The molecule has 1 saturated heterocycles. The van der Waals surface area contributed by atoms with Crippen LogP contribution in [0.1, 0.15) is 12.8 Å². The van der Waals surface area contributed by atoms with Gasteiger partial charge >= 0.3 is 0 Å². The molecule has 0 aromatic carbocycles. The molecule has 3 heterocycles. The predicted octanol–water partition coefficient (Wildman–Crippen LogP) is 4.77. The van der Waals surface area contributed by atoms with E-state index in [-0.39, 0.29) is 0 Å². The van der Waals surface area contributed by atoms with Gasteiger partial charge < -0.3 is 10.1 Å². The zero-order valence-corrected chi connectivity index (χ0v) is 13.1. The zero-order chi connectivity index (χ0) is 13.2. The summed E-state index contributed by atoms with van der Waals surface area (Å²) in [4.78, 5) is 4.53. The summed E-state index contributed by atoms with van der Waals surface area (Å²) in [5.41, 5.74) is 1.77. The summed E-state index contributed by atoms with van der Waals surface area (Å²) in [5.74, 6) is 0. The van der Waals surface area contributed by atoms with E-state index in [0.29, 0.717) is 14.8 Å². The van der Waals surface area contributed by atoms with Gasteiger partial charge in [0.15, 0.2) is 5.13 Å². The van der Waals surface area contributed by atoms with Gasteiger partial charge in [0, 0.05) is 24.1 Å². The minimum atomic E-state index is 0.312. The lowest BCUT2D eigenvalue weighted by Crippen LogP contribution is -2.18. The normalized spacial score (nSPS) is 18.9. The summed E-state index contributed by atoms with van der Waals surface area (Å²) in [5, 5.41) is 6.19. The fraction of sp³-hybridized carbons (Fsp3) is 0.417. The first-order valence-corrected chi connectivity index (χ1v) is 8.44. The van der Waals surface area contributed by atoms with E-state index < -0.39 is 0 Å². The number of thiazole rings is 1. The molecule has 102 valence electrons. The first-order valence-electron chi connectivity index (χ1n) is 5.98. The van der Waals surface area contributed by atoms with Gasteiger partial charge in [0.25, 0.3) is 0 Å². The van der Waals surface area contributed by atoms with Crippen LogP contribution in [0.4, 0.5) is 5.13 Å². The number of hydrogen-bond donors (Lipinski definition) is 1. The second kappa shape index (κ2) is 5.97. The van der Waals surface area contributed by atoms with Crippen molar-refractivity contribution in [3.05, 3.63) is 20.1 Å². The molecule has 0 aliphatic carbocycles. The van der Waals surface area contributed by atoms with E-state index in [2.05, 4.69) is 10.3 Å². The SMILES string of the molecule is Clc1cc(-c2csc(NCC3CCCO3)n2)c(Cl)s1. The van der Waals surface area contributed by atoms with Crippen molar-refractivity contribution in [2.24, 2.45) is 0 Å². The van der Waals surface area contributed by atoms with Crippen LogP contribution in [0.5, 0.6) is 0 Å². The number of nitrogens with zero attached hydrogens (tertiary/aromatic N) is 1. The highest BCUT2D eigenvalue weighted by molar-refractivity contribution is 7.20. The molecule has 0 amide bonds. The summed E-state index contributed by atoms with van der Waals surface area (Å²) in [6, 6.07) is 1.85. The van der Waals surface area contributed by atoms with Crippen LogP contribution in [-0.2, 0) is 4.74 Å². The molecule has 1 aliphatic heterocycles. The van der Waals surface area contributed by atoms with Crippen LogP contribution in [-0.4, -0.2) is 24.2 Å². The zero-order valence-electron chi connectivity index (χ0n) is 9.99. The van der Waals surface area contributed by atoms with Crippen LogP contribution in [0, 0.1) is 0 Å². The third-order valence-electron chi connectivity index (χ3n) is 2.94. The van der Waals surface area contributed by atoms with Crippen LogP contribution in [0.15, 0.2) is 11.4 Å². The summed E-state index contributed by atoms with van der Waals surface area (Å²) in [6.07, 6.45) is 2.59.